The molecule has 1 aliphatic heterocycles. The van der Waals surface area contributed by atoms with Gasteiger partial charge in [-0.05, 0) is 22.9 Å². The third kappa shape index (κ3) is 2.93. The molecule has 2 heterocycles. The Kier molecular flexibility index (Phi) is 4.12. The molecule has 2 aromatic carbocycles. The third-order valence-electron chi connectivity index (χ3n) is 4.95. The lowest BCUT2D eigenvalue weighted by atomic mass is 9.90. The second-order valence-corrected chi connectivity index (χ2v) is 6.64. The lowest BCUT2D eigenvalue weighted by Gasteiger charge is -2.33. The molecular formula is C20H19NO5. The molecule has 3 aromatic rings. The summed E-state index contributed by atoms with van der Waals surface area (Å²) in [6.45, 7) is 0.645. The van der Waals surface area contributed by atoms with Crippen molar-refractivity contribution in [2.45, 2.75) is 24.8 Å². The first-order chi connectivity index (χ1) is 12.6. The number of fused-ring (bicyclic) bond motifs is 3. The molecule has 0 atom stereocenters. The van der Waals surface area contributed by atoms with Crippen LogP contribution in [0.5, 0.6) is 0 Å². The molecule has 0 bridgehead atoms. The average Bonchev–Trinajstić information content (AvgIpc) is 3.05. The molecule has 0 saturated carbocycles. The zero-order chi connectivity index (χ0) is 18.1. The minimum atomic E-state index is -1.26. The summed E-state index contributed by atoms with van der Waals surface area (Å²) in [7, 11) is 0. The molecule has 6 heteroatoms. The normalized spacial score (nSPS) is 16.6. The summed E-state index contributed by atoms with van der Waals surface area (Å²) in [6.07, 6.45) is 0.524. The first-order valence-electron chi connectivity index (χ1n) is 8.60. The highest BCUT2D eigenvalue weighted by atomic mass is 16.5. The molecule has 1 saturated heterocycles. The lowest BCUT2D eigenvalue weighted by molar-refractivity contribution is -0.152. The van der Waals surface area contributed by atoms with E-state index in [0.717, 1.165) is 16.2 Å². The fraction of sp³-hybridized carbons (Fsp3) is 0.300. The highest BCUT2D eigenvalue weighted by Crippen LogP contribution is 2.28. The van der Waals surface area contributed by atoms with Crippen molar-refractivity contribution in [3.63, 3.8) is 0 Å². The molecular weight excluding hydrogens is 334 g/mol. The number of furan rings is 1. The van der Waals surface area contributed by atoms with E-state index >= 15 is 0 Å². The van der Waals surface area contributed by atoms with Crippen molar-refractivity contribution in [1.29, 1.82) is 0 Å². The van der Waals surface area contributed by atoms with Crippen LogP contribution in [0.1, 0.15) is 18.6 Å². The van der Waals surface area contributed by atoms with Gasteiger partial charge in [-0.1, -0.05) is 30.3 Å². The predicted octanol–water partition coefficient (Wildman–Crippen LogP) is 2.88. The summed E-state index contributed by atoms with van der Waals surface area (Å²) < 4.78 is 11.0. The summed E-state index contributed by atoms with van der Waals surface area (Å²) in [6, 6.07) is 13.7. The summed E-state index contributed by atoms with van der Waals surface area (Å²) in [5.41, 5.74) is -0.542. The highest BCUT2D eigenvalue weighted by molar-refractivity contribution is 6.06. The van der Waals surface area contributed by atoms with Crippen molar-refractivity contribution in [1.82, 2.24) is 5.32 Å². The number of carboxylic acid groups (broad SMARTS) is 1. The molecule has 2 N–H and O–H groups in total. The first-order valence-corrected chi connectivity index (χ1v) is 8.60. The fourth-order valence-electron chi connectivity index (χ4n) is 3.51. The number of carboxylic acids is 1. The molecule has 1 aromatic heterocycles. The summed E-state index contributed by atoms with van der Waals surface area (Å²) in [5, 5.41) is 15.3. The fourth-order valence-corrected chi connectivity index (χ4v) is 3.51. The molecule has 134 valence electrons. The Morgan fingerprint density at radius 2 is 1.85 bits per heavy atom. The standard InChI is InChI=1S/C20H19NO5/c22-18(21-20(19(23)24)7-9-25-10-8-20)12-14-11-16-15-4-2-1-3-13(15)5-6-17(16)26-14/h1-6,11H,7-10,12H2,(H,21,22)(H,23,24). The second-order valence-electron chi connectivity index (χ2n) is 6.64. The van der Waals surface area contributed by atoms with Crippen LogP contribution in [-0.2, 0) is 20.7 Å². The minimum Gasteiger partial charge on any atom is -0.480 e. The molecule has 6 nitrogen and oxygen atoms in total. The van der Waals surface area contributed by atoms with Crippen LogP contribution in [0.15, 0.2) is 46.9 Å². The zero-order valence-electron chi connectivity index (χ0n) is 14.2. The Morgan fingerprint density at radius 1 is 1.08 bits per heavy atom. The Morgan fingerprint density at radius 3 is 2.62 bits per heavy atom. The Balaban J connectivity index is 1.57. The summed E-state index contributed by atoms with van der Waals surface area (Å²) >= 11 is 0. The van der Waals surface area contributed by atoms with E-state index in [2.05, 4.69) is 5.32 Å². The number of carbonyl (C=O) groups is 2. The first kappa shape index (κ1) is 16.6. The van der Waals surface area contributed by atoms with Crippen LogP contribution in [0, 0.1) is 0 Å². The van der Waals surface area contributed by atoms with Crippen LogP contribution in [0.3, 0.4) is 0 Å². The molecule has 1 aliphatic rings. The van der Waals surface area contributed by atoms with Crippen LogP contribution in [0.25, 0.3) is 21.7 Å². The quantitative estimate of drug-likeness (QED) is 0.753. The van der Waals surface area contributed by atoms with E-state index in [1.165, 1.54) is 0 Å². The molecule has 1 fully saturated rings. The van der Waals surface area contributed by atoms with Gasteiger partial charge in [0.1, 0.15) is 16.9 Å². The number of aliphatic carboxylic acids is 1. The van der Waals surface area contributed by atoms with Crippen molar-refractivity contribution in [3.05, 3.63) is 48.2 Å². The van der Waals surface area contributed by atoms with Crippen molar-refractivity contribution < 1.29 is 23.8 Å². The number of rotatable bonds is 4. The number of benzene rings is 2. The number of ether oxygens (including phenoxy) is 1. The van der Waals surface area contributed by atoms with Crippen LogP contribution in [0.4, 0.5) is 0 Å². The van der Waals surface area contributed by atoms with Crippen molar-refractivity contribution in [2.24, 2.45) is 0 Å². The predicted molar refractivity (Wildman–Crippen MR) is 96.0 cm³/mol. The van der Waals surface area contributed by atoms with Crippen molar-refractivity contribution in [3.8, 4) is 0 Å². The third-order valence-corrected chi connectivity index (χ3v) is 4.95. The van der Waals surface area contributed by atoms with Gasteiger partial charge in [0, 0.05) is 31.4 Å². The number of amides is 1. The van der Waals surface area contributed by atoms with E-state index in [-0.39, 0.29) is 25.2 Å². The molecule has 0 radical (unpaired) electrons. The maximum Gasteiger partial charge on any atom is 0.329 e. The van der Waals surface area contributed by atoms with Gasteiger partial charge in [0.05, 0.1) is 6.42 Å². The number of carbonyl (C=O) groups excluding carboxylic acids is 1. The van der Waals surface area contributed by atoms with Crippen molar-refractivity contribution >= 4 is 33.6 Å². The monoisotopic (exact) mass is 353 g/mol. The van der Waals surface area contributed by atoms with Gasteiger partial charge in [0.25, 0.3) is 0 Å². The van der Waals surface area contributed by atoms with Gasteiger partial charge in [-0.3, -0.25) is 4.79 Å². The topological polar surface area (TPSA) is 88.8 Å². The van der Waals surface area contributed by atoms with Gasteiger partial charge in [-0.25, -0.2) is 4.79 Å². The number of hydrogen-bond donors (Lipinski definition) is 2. The summed E-state index contributed by atoms with van der Waals surface area (Å²) in [4.78, 5) is 24.1. The van der Waals surface area contributed by atoms with E-state index < -0.39 is 11.5 Å². The minimum absolute atomic E-state index is 0.00110. The van der Waals surface area contributed by atoms with Crippen molar-refractivity contribution in [2.75, 3.05) is 13.2 Å². The highest BCUT2D eigenvalue weighted by Gasteiger charge is 2.41. The average molecular weight is 353 g/mol. The number of nitrogens with one attached hydrogen (secondary N) is 1. The zero-order valence-corrected chi connectivity index (χ0v) is 14.2. The van der Waals surface area contributed by atoms with E-state index in [1.54, 1.807) is 0 Å². The van der Waals surface area contributed by atoms with Gasteiger partial charge in [-0.2, -0.15) is 0 Å². The number of hydrogen-bond acceptors (Lipinski definition) is 4. The molecule has 26 heavy (non-hydrogen) atoms. The van der Waals surface area contributed by atoms with Gasteiger partial charge in [0.2, 0.25) is 5.91 Å². The van der Waals surface area contributed by atoms with E-state index in [1.807, 2.05) is 42.5 Å². The van der Waals surface area contributed by atoms with Gasteiger partial charge in [0.15, 0.2) is 0 Å². The van der Waals surface area contributed by atoms with Crippen LogP contribution >= 0.6 is 0 Å². The molecule has 1 amide bonds. The Labute approximate surface area is 149 Å². The largest absolute Gasteiger partial charge is 0.480 e. The van der Waals surface area contributed by atoms with Gasteiger partial charge >= 0.3 is 5.97 Å². The lowest BCUT2D eigenvalue weighted by Crippen LogP contribution is -2.57. The van der Waals surface area contributed by atoms with Crippen LogP contribution in [-0.4, -0.2) is 35.7 Å². The van der Waals surface area contributed by atoms with E-state index in [4.69, 9.17) is 9.15 Å². The molecule has 0 unspecified atom stereocenters. The molecule has 4 rings (SSSR count). The molecule has 0 spiro atoms. The van der Waals surface area contributed by atoms with Gasteiger partial charge in [-0.15, -0.1) is 0 Å². The maximum atomic E-state index is 12.5. The van der Waals surface area contributed by atoms with E-state index in [9.17, 15) is 14.7 Å². The second kappa shape index (κ2) is 6.46. The Bertz CT molecular complexity index is 984. The van der Waals surface area contributed by atoms with Crippen LogP contribution < -0.4 is 5.32 Å². The van der Waals surface area contributed by atoms with Crippen LogP contribution in [0.2, 0.25) is 0 Å². The SMILES string of the molecule is O=C(Cc1cc2c(ccc3ccccc32)o1)NC1(C(=O)O)CCOCC1. The smallest absolute Gasteiger partial charge is 0.329 e. The van der Waals surface area contributed by atoms with E-state index in [0.29, 0.717) is 24.6 Å². The molecule has 0 aliphatic carbocycles. The summed E-state index contributed by atoms with van der Waals surface area (Å²) in [5.74, 6) is -0.871. The maximum absolute atomic E-state index is 12.5. The Hall–Kier alpha value is -2.86. The van der Waals surface area contributed by atoms with Gasteiger partial charge < -0.3 is 19.6 Å².